The van der Waals surface area contributed by atoms with Crippen LogP contribution in [0.25, 0.3) is 0 Å². The van der Waals surface area contributed by atoms with Crippen molar-refractivity contribution in [1.29, 1.82) is 0 Å². The summed E-state index contributed by atoms with van der Waals surface area (Å²) in [5.41, 5.74) is -0.251. The Labute approximate surface area is 92.1 Å². The Hall–Kier alpha value is -0.570. The van der Waals surface area contributed by atoms with Crippen LogP contribution >= 0.6 is 0 Å². The molecule has 1 unspecified atom stereocenters. The Morgan fingerprint density at radius 1 is 1.40 bits per heavy atom. The summed E-state index contributed by atoms with van der Waals surface area (Å²) in [4.78, 5) is 11.7. The number of carbonyl (C=O) groups is 1. The zero-order valence-electron chi connectivity index (χ0n) is 10.0. The summed E-state index contributed by atoms with van der Waals surface area (Å²) >= 11 is 0. The van der Waals surface area contributed by atoms with Gasteiger partial charge in [0.15, 0.2) is 0 Å². The second-order valence-corrected chi connectivity index (χ2v) is 4.38. The largest absolute Gasteiger partial charge is 0.459 e. The lowest BCUT2D eigenvalue weighted by molar-refractivity contribution is -0.174. The topological polar surface area (TPSA) is 35.5 Å². The molecule has 1 aliphatic rings. The molecular weight excluding hydrogens is 192 g/mol. The first-order chi connectivity index (χ1) is 7.13. The van der Waals surface area contributed by atoms with Crippen LogP contribution in [0.4, 0.5) is 0 Å². The molecule has 0 bridgehead atoms. The van der Waals surface area contributed by atoms with E-state index in [1.807, 2.05) is 13.8 Å². The summed E-state index contributed by atoms with van der Waals surface area (Å²) in [6.07, 6.45) is 3.41. The first-order valence-electron chi connectivity index (χ1n) is 5.94. The van der Waals surface area contributed by atoms with Gasteiger partial charge in [0, 0.05) is 12.8 Å². The van der Waals surface area contributed by atoms with Crippen LogP contribution in [0.15, 0.2) is 0 Å². The lowest BCUT2D eigenvalue weighted by atomic mass is 9.91. The van der Waals surface area contributed by atoms with E-state index in [0.717, 1.165) is 25.7 Å². The van der Waals surface area contributed by atoms with Gasteiger partial charge in [-0.25, -0.2) is 0 Å². The zero-order valence-corrected chi connectivity index (χ0v) is 10.0. The fourth-order valence-electron chi connectivity index (χ4n) is 1.75. The van der Waals surface area contributed by atoms with E-state index in [2.05, 4.69) is 6.92 Å². The highest BCUT2D eigenvalue weighted by molar-refractivity contribution is 5.72. The van der Waals surface area contributed by atoms with Gasteiger partial charge in [-0.2, -0.15) is 0 Å². The third-order valence-electron chi connectivity index (χ3n) is 3.38. The second-order valence-electron chi connectivity index (χ2n) is 4.38. The van der Waals surface area contributed by atoms with E-state index in [1.165, 1.54) is 0 Å². The van der Waals surface area contributed by atoms with Crippen LogP contribution in [0.5, 0.6) is 0 Å². The van der Waals surface area contributed by atoms with E-state index >= 15 is 0 Å². The molecule has 0 spiro atoms. The number of esters is 1. The standard InChI is InChI=1S/C12H22O3/c1-4-10(3)11(13)15-12(5-2)6-8-14-9-7-12/h10H,4-9H2,1-3H3. The number of rotatable bonds is 4. The molecule has 0 aromatic carbocycles. The third-order valence-corrected chi connectivity index (χ3v) is 3.38. The highest BCUT2D eigenvalue weighted by atomic mass is 16.6. The molecule has 1 heterocycles. The average molecular weight is 214 g/mol. The molecule has 1 rings (SSSR count). The lowest BCUT2D eigenvalue weighted by Crippen LogP contribution is -2.41. The third kappa shape index (κ3) is 3.20. The molecule has 0 aromatic heterocycles. The van der Waals surface area contributed by atoms with Crippen LogP contribution in [0.3, 0.4) is 0 Å². The minimum absolute atomic E-state index is 0.0104. The van der Waals surface area contributed by atoms with Crippen LogP contribution < -0.4 is 0 Å². The van der Waals surface area contributed by atoms with Gasteiger partial charge < -0.3 is 9.47 Å². The van der Waals surface area contributed by atoms with Crippen molar-refractivity contribution in [1.82, 2.24) is 0 Å². The summed E-state index contributed by atoms with van der Waals surface area (Å²) in [5.74, 6) is -0.0440. The molecule has 0 radical (unpaired) electrons. The molecule has 0 aromatic rings. The fourth-order valence-corrected chi connectivity index (χ4v) is 1.75. The van der Waals surface area contributed by atoms with Crippen molar-refractivity contribution >= 4 is 5.97 Å². The molecule has 0 aliphatic carbocycles. The maximum Gasteiger partial charge on any atom is 0.309 e. The van der Waals surface area contributed by atoms with Crippen LogP contribution in [0, 0.1) is 5.92 Å². The van der Waals surface area contributed by atoms with Crippen LogP contribution in [0.1, 0.15) is 46.5 Å². The van der Waals surface area contributed by atoms with Crippen LogP contribution in [0.2, 0.25) is 0 Å². The molecule has 88 valence electrons. The van der Waals surface area contributed by atoms with Gasteiger partial charge in [-0.15, -0.1) is 0 Å². The molecule has 0 N–H and O–H groups in total. The summed E-state index contributed by atoms with van der Waals surface area (Å²) in [5, 5.41) is 0. The summed E-state index contributed by atoms with van der Waals surface area (Å²) in [7, 11) is 0. The van der Waals surface area contributed by atoms with Crippen molar-refractivity contribution in [3.8, 4) is 0 Å². The number of hydrogen-bond donors (Lipinski definition) is 0. The highest BCUT2D eigenvalue weighted by Gasteiger charge is 2.35. The Morgan fingerprint density at radius 3 is 2.47 bits per heavy atom. The van der Waals surface area contributed by atoms with Gasteiger partial charge in [-0.1, -0.05) is 20.8 Å². The molecule has 3 nitrogen and oxygen atoms in total. The molecule has 1 fully saturated rings. The normalized spacial score (nSPS) is 22.1. The van der Waals surface area contributed by atoms with E-state index in [-0.39, 0.29) is 17.5 Å². The van der Waals surface area contributed by atoms with E-state index < -0.39 is 0 Å². The van der Waals surface area contributed by atoms with E-state index in [0.29, 0.717) is 13.2 Å². The summed E-state index contributed by atoms with van der Waals surface area (Å²) in [6.45, 7) is 7.43. The van der Waals surface area contributed by atoms with Crippen molar-refractivity contribution in [3.05, 3.63) is 0 Å². The maximum absolute atomic E-state index is 11.7. The summed E-state index contributed by atoms with van der Waals surface area (Å²) < 4.78 is 11.0. The van der Waals surface area contributed by atoms with E-state index in [9.17, 15) is 4.79 Å². The van der Waals surface area contributed by atoms with Crippen molar-refractivity contribution in [3.63, 3.8) is 0 Å². The molecule has 1 atom stereocenters. The summed E-state index contributed by atoms with van der Waals surface area (Å²) in [6, 6.07) is 0. The maximum atomic E-state index is 11.7. The average Bonchev–Trinajstić information content (AvgIpc) is 2.29. The molecule has 1 aliphatic heterocycles. The lowest BCUT2D eigenvalue weighted by Gasteiger charge is -2.36. The van der Waals surface area contributed by atoms with Gasteiger partial charge in [0.25, 0.3) is 0 Å². The van der Waals surface area contributed by atoms with Gasteiger partial charge in [0.2, 0.25) is 0 Å². The first kappa shape index (κ1) is 12.5. The molecule has 0 amide bonds. The molecule has 1 saturated heterocycles. The monoisotopic (exact) mass is 214 g/mol. The Kier molecular flexibility index (Phi) is 4.58. The van der Waals surface area contributed by atoms with Gasteiger partial charge in [0.1, 0.15) is 5.60 Å². The van der Waals surface area contributed by atoms with Crippen LogP contribution in [-0.4, -0.2) is 24.8 Å². The molecular formula is C12H22O3. The molecule has 15 heavy (non-hydrogen) atoms. The number of hydrogen-bond acceptors (Lipinski definition) is 3. The van der Waals surface area contributed by atoms with Crippen molar-refractivity contribution < 1.29 is 14.3 Å². The van der Waals surface area contributed by atoms with Crippen molar-refractivity contribution in [2.75, 3.05) is 13.2 Å². The predicted molar refractivity (Wildman–Crippen MR) is 58.6 cm³/mol. The van der Waals surface area contributed by atoms with Crippen LogP contribution in [-0.2, 0) is 14.3 Å². The number of ether oxygens (including phenoxy) is 2. The second kappa shape index (κ2) is 5.50. The van der Waals surface area contributed by atoms with Gasteiger partial charge in [-0.3, -0.25) is 4.79 Å². The first-order valence-corrected chi connectivity index (χ1v) is 5.94. The highest BCUT2D eigenvalue weighted by Crippen LogP contribution is 2.29. The molecule has 3 heteroatoms. The van der Waals surface area contributed by atoms with Gasteiger partial charge in [0.05, 0.1) is 19.1 Å². The fraction of sp³-hybridized carbons (Fsp3) is 0.917. The number of carbonyl (C=O) groups excluding carboxylic acids is 1. The Balaban J connectivity index is 2.55. The van der Waals surface area contributed by atoms with Gasteiger partial charge >= 0.3 is 5.97 Å². The zero-order chi connectivity index (χ0) is 11.3. The SMILES string of the molecule is CCC(C)C(=O)OC1(CC)CCOCC1. The Bertz CT molecular complexity index is 207. The Morgan fingerprint density at radius 2 is 2.00 bits per heavy atom. The smallest absolute Gasteiger partial charge is 0.309 e. The van der Waals surface area contributed by atoms with E-state index in [1.54, 1.807) is 0 Å². The predicted octanol–water partition coefficient (Wildman–Crippen LogP) is 2.53. The minimum Gasteiger partial charge on any atom is -0.459 e. The molecule has 0 saturated carbocycles. The van der Waals surface area contributed by atoms with Crippen molar-refractivity contribution in [2.45, 2.75) is 52.1 Å². The van der Waals surface area contributed by atoms with Gasteiger partial charge in [-0.05, 0) is 12.8 Å². The quantitative estimate of drug-likeness (QED) is 0.675. The van der Waals surface area contributed by atoms with Crippen molar-refractivity contribution in [2.24, 2.45) is 5.92 Å². The van der Waals surface area contributed by atoms with E-state index in [4.69, 9.17) is 9.47 Å². The minimum atomic E-state index is -0.251.